The summed E-state index contributed by atoms with van der Waals surface area (Å²) >= 11 is 0. The average molecular weight is 284 g/mol. The van der Waals surface area contributed by atoms with E-state index in [1.54, 1.807) is 25.3 Å². The van der Waals surface area contributed by atoms with Gasteiger partial charge in [0.15, 0.2) is 0 Å². The monoisotopic (exact) mass is 284 g/mol. The summed E-state index contributed by atoms with van der Waals surface area (Å²) in [7, 11) is 1.56. The van der Waals surface area contributed by atoms with Crippen LogP contribution < -0.4 is 15.8 Å². The van der Waals surface area contributed by atoms with E-state index in [1.807, 2.05) is 38.1 Å². The Kier molecular flexibility index (Phi) is 4.48. The van der Waals surface area contributed by atoms with Crippen molar-refractivity contribution in [1.82, 2.24) is 5.32 Å². The summed E-state index contributed by atoms with van der Waals surface area (Å²) in [5.74, 6) is 0.446. The first-order valence-corrected chi connectivity index (χ1v) is 6.83. The molecule has 0 saturated heterocycles. The third-order valence-electron chi connectivity index (χ3n) is 3.51. The SMILES string of the molecule is COc1ccc(C(=O)N[C@H](C)c2ccccc2C)c(N)c1. The van der Waals surface area contributed by atoms with Crippen molar-refractivity contribution in [2.75, 3.05) is 12.8 Å². The van der Waals surface area contributed by atoms with Crippen LogP contribution in [0.25, 0.3) is 0 Å². The molecule has 2 aromatic carbocycles. The molecule has 0 aromatic heterocycles. The second-order valence-electron chi connectivity index (χ2n) is 5.00. The highest BCUT2D eigenvalue weighted by molar-refractivity contribution is 5.99. The molecule has 0 bridgehead atoms. The molecular formula is C17H20N2O2. The Bertz CT molecular complexity index is 653. The fourth-order valence-corrected chi connectivity index (χ4v) is 2.30. The Morgan fingerprint density at radius 3 is 2.57 bits per heavy atom. The van der Waals surface area contributed by atoms with Crippen molar-refractivity contribution in [3.63, 3.8) is 0 Å². The van der Waals surface area contributed by atoms with Gasteiger partial charge in [0.25, 0.3) is 5.91 Å². The van der Waals surface area contributed by atoms with Crippen LogP contribution in [0.2, 0.25) is 0 Å². The number of nitrogens with two attached hydrogens (primary N) is 1. The van der Waals surface area contributed by atoms with E-state index in [1.165, 1.54) is 0 Å². The highest BCUT2D eigenvalue weighted by atomic mass is 16.5. The number of ether oxygens (including phenoxy) is 1. The minimum atomic E-state index is -0.189. The standard InChI is InChI=1S/C17H20N2O2/c1-11-6-4-5-7-14(11)12(2)19-17(20)15-9-8-13(21-3)10-16(15)18/h4-10,12H,18H2,1-3H3,(H,19,20)/t12-/m1/s1. The van der Waals surface area contributed by atoms with E-state index in [-0.39, 0.29) is 11.9 Å². The van der Waals surface area contributed by atoms with Crippen LogP contribution in [-0.2, 0) is 0 Å². The van der Waals surface area contributed by atoms with Crippen molar-refractivity contribution in [1.29, 1.82) is 0 Å². The van der Waals surface area contributed by atoms with Crippen LogP contribution in [0.15, 0.2) is 42.5 Å². The Balaban J connectivity index is 2.16. The molecule has 0 aliphatic rings. The summed E-state index contributed by atoms with van der Waals surface area (Å²) in [6.45, 7) is 3.99. The zero-order valence-electron chi connectivity index (χ0n) is 12.5. The molecule has 2 aromatic rings. The van der Waals surface area contributed by atoms with Crippen LogP contribution in [-0.4, -0.2) is 13.0 Å². The third-order valence-corrected chi connectivity index (χ3v) is 3.51. The smallest absolute Gasteiger partial charge is 0.253 e. The fourth-order valence-electron chi connectivity index (χ4n) is 2.30. The fraction of sp³-hybridized carbons (Fsp3) is 0.235. The van der Waals surface area contributed by atoms with Crippen molar-refractivity contribution < 1.29 is 9.53 Å². The van der Waals surface area contributed by atoms with E-state index in [9.17, 15) is 4.79 Å². The summed E-state index contributed by atoms with van der Waals surface area (Å²) in [5.41, 5.74) is 9.00. The lowest BCUT2D eigenvalue weighted by Gasteiger charge is -2.17. The van der Waals surface area contributed by atoms with E-state index in [4.69, 9.17) is 10.5 Å². The van der Waals surface area contributed by atoms with Gasteiger partial charge in [0.05, 0.1) is 18.7 Å². The van der Waals surface area contributed by atoms with Crippen LogP contribution in [0.5, 0.6) is 5.75 Å². The van der Waals surface area contributed by atoms with Crippen LogP contribution in [0.1, 0.15) is 34.5 Å². The first kappa shape index (κ1) is 14.9. The number of nitrogens with one attached hydrogen (secondary N) is 1. The molecule has 0 unspecified atom stereocenters. The second kappa shape index (κ2) is 6.31. The molecule has 0 radical (unpaired) electrons. The molecule has 0 saturated carbocycles. The molecule has 3 N–H and O–H groups in total. The summed E-state index contributed by atoms with van der Waals surface area (Å²) in [6.07, 6.45) is 0. The van der Waals surface area contributed by atoms with E-state index < -0.39 is 0 Å². The lowest BCUT2D eigenvalue weighted by molar-refractivity contribution is 0.0940. The largest absolute Gasteiger partial charge is 0.497 e. The van der Waals surface area contributed by atoms with Gasteiger partial charge in [-0.15, -0.1) is 0 Å². The number of rotatable bonds is 4. The Morgan fingerprint density at radius 1 is 1.24 bits per heavy atom. The molecule has 0 fully saturated rings. The van der Waals surface area contributed by atoms with Crippen LogP contribution in [0, 0.1) is 6.92 Å². The number of benzene rings is 2. The van der Waals surface area contributed by atoms with Gasteiger partial charge in [0.2, 0.25) is 0 Å². The molecule has 0 aliphatic heterocycles. The van der Waals surface area contributed by atoms with Gasteiger partial charge in [-0.2, -0.15) is 0 Å². The topological polar surface area (TPSA) is 64.3 Å². The van der Waals surface area contributed by atoms with Gasteiger partial charge in [-0.25, -0.2) is 0 Å². The van der Waals surface area contributed by atoms with Crippen LogP contribution in [0.3, 0.4) is 0 Å². The number of methoxy groups -OCH3 is 1. The van der Waals surface area contributed by atoms with Crippen molar-refractivity contribution in [2.24, 2.45) is 0 Å². The maximum atomic E-state index is 12.3. The maximum absolute atomic E-state index is 12.3. The highest BCUT2D eigenvalue weighted by Gasteiger charge is 2.15. The minimum absolute atomic E-state index is 0.0831. The first-order chi connectivity index (χ1) is 10.0. The van der Waals surface area contributed by atoms with Crippen LogP contribution >= 0.6 is 0 Å². The van der Waals surface area contributed by atoms with Gasteiger partial charge in [-0.05, 0) is 37.1 Å². The quantitative estimate of drug-likeness (QED) is 0.848. The van der Waals surface area contributed by atoms with E-state index in [0.717, 1.165) is 11.1 Å². The van der Waals surface area contributed by atoms with Gasteiger partial charge >= 0.3 is 0 Å². The van der Waals surface area contributed by atoms with Gasteiger partial charge < -0.3 is 15.8 Å². The Hall–Kier alpha value is -2.49. The zero-order valence-corrected chi connectivity index (χ0v) is 12.5. The summed E-state index contributed by atoms with van der Waals surface area (Å²) in [4.78, 5) is 12.3. The third kappa shape index (κ3) is 3.34. The highest BCUT2D eigenvalue weighted by Crippen LogP contribution is 2.21. The number of carbonyl (C=O) groups excluding carboxylic acids is 1. The molecule has 1 atom stereocenters. The van der Waals surface area contributed by atoms with Crippen molar-refractivity contribution in [2.45, 2.75) is 19.9 Å². The van der Waals surface area contributed by atoms with E-state index in [2.05, 4.69) is 5.32 Å². The lowest BCUT2D eigenvalue weighted by atomic mass is 10.0. The molecule has 4 heteroatoms. The number of anilines is 1. The summed E-state index contributed by atoms with van der Waals surface area (Å²) in [5, 5.41) is 2.97. The number of amides is 1. The zero-order chi connectivity index (χ0) is 15.4. The van der Waals surface area contributed by atoms with Gasteiger partial charge in [-0.1, -0.05) is 24.3 Å². The molecule has 4 nitrogen and oxygen atoms in total. The molecule has 0 aliphatic carbocycles. The van der Waals surface area contributed by atoms with Crippen molar-refractivity contribution in [3.05, 3.63) is 59.2 Å². The van der Waals surface area contributed by atoms with Gasteiger partial charge in [-0.3, -0.25) is 4.79 Å². The van der Waals surface area contributed by atoms with E-state index in [0.29, 0.717) is 17.0 Å². The average Bonchev–Trinajstić information content (AvgIpc) is 2.47. The normalized spacial score (nSPS) is 11.8. The molecule has 2 rings (SSSR count). The Morgan fingerprint density at radius 2 is 1.95 bits per heavy atom. The molecular weight excluding hydrogens is 264 g/mol. The second-order valence-corrected chi connectivity index (χ2v) is 5.00. The maximum Gasteiger partial charge on any atom is 0.253 e. The first-order valence-electron chi connectivity index (χ1n) is 6.83. The van der Waals surface area contributed by atoms with Crippen molar-refractivity contribution in [3.8, 4) is 5.75 Å². The number of hydrogen-bond acceptors (Lipinski definition) is 3. The summed E-state index contributed by atoms with van der Waals surface area (Å²) < 4.78 is 5.08. The van der Waals surface area contributed by atoms with Gasteiger partial charge in [0.1, 0.15) is 5.75 Å². The number of aryl methyl sites for hydroxylation is 1. The minimum Gasteiger partial charge on any atom is -0.497 e. The van der Waals surface area contributed by atoms with Gasteiger partial charge in [0, 0.05) is 11.8 Å². The molecule has 110 valence electrons. The molecule has 0 heterocycles. The number of hydrogen-bond donors (Lipinski definition) is 2. The predicted octanol–water partition coefficient (Wildman–Crippen LogP) is 3.08. The summed E-state index contributed by atoms with van der Waals surface area (Å²) in [6, 6.07) is 12.9. The van der Waals surface area contributed by atoms with Crippen LogP contribution in [0.4, 0.5) is 5.69 Å². The lowest BCUT2D eigenvalue weighted by Crippen LogP contribution is -2.27. The van der Waals surface area contributed by atoms with E-state index >= 15 is 0 Å². The number of nitrogen functional groups attached to an aromatic ring is 1. The molecule has 21 heavy (non-hydrogen) atoms. The molecule has 0 spiro atoms. The predicted molar refractivity (Wildman–Crippen MR) is 84.5 cm³/mol. The molecule has 1 amide bonds. The van der Waals surface area contributed by atoms with Crippen molar-refractivity contribution >= 4 is 11.6 Å². The number of carbonyl (C=O) groups is 1. The Labute approximate surface area is 124 Å².